The summed E-state index contributed by atoms with van der Waals surface area (Å²) in [6, 6.07) is -1.48. The van der Waals surface area contributed by atoms with Gasteiger partial charge in [0, 0.05) is 5.39 Å². The molecule has 0 N–H and O–H groups in total. The first-order chi connectivity index (χ1) is 34.4. The number of nitrogens with zero attached hydrogens (tertiary/aromatic N) is 6. The standard InChI is InChI=1S/C32HF41N6/c33-3-1-2-4(8(35)5(3)11-74-13(17(38,39)21(46,47)25(54,55)29(62,63)64)78-14(75-11)18(40,41)22(48,49)26(56,57)30(65,66)67)9(36)10(37)6(7(2)34)12-76-15(19(42,43)23(50,51)27(58,59)31(68,69)70)79-16(77-12)20(44,45)24(52,53)28(60,61)32(71,72)73/h1H. The molecule has 0 spiro atoms. The number of fused-ring (bicyclic) bond motifs is 1. The molecule has 0 unspecified atom stereocenters. The second-order valence-corrected chi connectivity index (χ2v) is 14.8. The third kappa shape index (κ3) is 8.96. The van der Waals surface area contributed by atoms with E-state index in [0.29, 0.717) is 0 Å². The van der Waals surface area contributed by atoms with Crippen LogP contribution in [0, 0.1) is 29.1 Å². The van der Waals surface area contributed by atoms with Crippen LogP contribution in [-0.2, 0) is 23.7 Å². The fourth-order valence-corrected chi connectivity index (χ4v) is 5.46. The molecule has 79 heavy (non-hydrogen) atoms. The number of benzene rings is 2. The van der Waals surface area contributed by atoms with E-state index in [4.69, 9.17) is 0 Å². The highest BCUT2D eigenvalue weighted by Gasteiger charge is 2.87. The molecular weight excluding hydrogens is 1250 g/mol. The molecule has 446 valence electrons. The van der Waals surface area contributed by atoms with Crippen molar-refractivity contribution < 1.29 is 180 Å². The Morgan fingerprint density at radius 3 is 0.696 bits per heavy atom. The molecule has 47 heteroatoms. The topological polar surface area (TPSA) is 77.3 Å². The fraction of sp³-hybridized carbons (Fsp3) is 0.500. The SMILES string of the molecule is Fc1cc2c(F)c(-c3nc(C(F)(F)C(F)(F)C(F)(F)C(F)(F)F)nc(C(F)(F)C(F)(F)C(F)(F)C(F)(F)F)n3)c(F)c(F)c2c(F)c1-c1nc(C(F)(F)C(F)(F)C(F)(F)C(F)(F)F)nc(C(F)(F)C(F)(F)C(F)(F)C(F)(F)F)n1. The highest BCUT2D eigenvalue weighted by Crippen LogP contribution is 2.61. The van der Waals surface area contributed by atoms with Gasteiger partial charge in [-0.2, -0.15) is 158 Å². The Morgan fingerprint density at radius 1 is 0.241 bits per heavy atom. The van der Waals surface area contributed by atoms with Crippen molar-refractivity contribution in [3.05, 3.63) is 58.5 Å². The van der Waals surface area contributed by atoms with E-state index in [-0.39, 0.29) is 0 Å². The minimum atomic E-state index is -8.50. The van der Waals surface area contributed by atoms with Crippen LogP contribution in [0.3, 0.4) is 0 Å². The molecule has 0 saturated heterocycles. The van der Waals surface area contributed by atoms with Crippen molar-refractivity contribution in [1.82, 2.24) is 29.9 Å². The van der Waals surface area contributed by atoms with Crippen LogP contribution in [0.1, 0.15) is 23.3 Å². The highest BCUT2D eigenvalue weighted by molar-refractivity contribution is 5.92. The summed E-state index contributed by atoms with van der Waals surface area (Å²) in [5, 5.41) is -6.30. The van der Waals surface area contributed by atoms with Gasteiger partial charge in [0.25, 0.3) is 0 Å². The van der Waals surface area contributed by atoms with Crippen molar-refractivity contribution in [2.24, 2.45) is 0 Å². The van der Waals surface area contributed by atoms with Crippen LogP contribution in [0.5, 0.6) is 0 Å². The molecule has 2 aromatic carbocycles. The average molecular weight is 1250 g/mol. The van der Waals surface area contributed by atoms with Crippen LogP contribution in [0.4, 0.5) is 180 Å². The molecule has 0 saturated carbocycles. The molecule has 4 aromatic rings. The maximum Gasteiger partial charge on any atom is 0.460 e. The lowest BCUT2D eigenvalue weighted by Gasteiger charge is -2.34. The van der Waals surface area contributed by atoms with E-state index >= 15 is 22.0 Å². The quantitative estimate of drug-likeness (QED) is 0.0925. The molecule has 0 fully saturated rings. The maximum absolute atomic E-state index is 16.1. The van der Waals surface area contributed by atoms with E-state index in [1.54, 1.807) is 0 Å². The molecular formula is C32HF41N6. The first kappa shape index (κ1) is 65.4. The molecule has 4 rings (SSSR count). The summed E-state index contributed by atoms with van der Waals surface area (Å²) in [7, 11) is 0. The van der Waals surface area contributed by atoms with Crippen molar-refractivity contribution in [2.45, 2.75) is 95.8 Å². The van der Waals surface area contributed by atoms with Gasteiger partial charge in [0.1, 0.15) is 17.5 Å². The van der Waals surface area contributed by atoms with E-state index in [1.165, 1.54) is 19.9 Å². The van der Waals surface area contributed by atoms with Gasteiger partial charge in [-0.15, -0.1) is 0 Å². The van der Waals surface area contributed by atoms with Crippen LogP contribution in [0.15, 0.2) is 6.07 Å². The zero-order valence-electron chi connectivity index (χ0n) is 34.3. The number of rotatable bonds is 14. The molecule has 0 radical (unpaired) electrons. The van der Waals surface area contributed by atoms with Gasteiger partial charge in [0.05, 0.1) is 16.5 Å². The van der Waals surface area contributed by atoms with E-state index in [0.717, 1.165) is 9.97 Å². The average Bonchev–Trinajstić information content (AvgIpc) is 3.25. The van der Waals surface area contributed by atoms with Crippen LogP contribution in [-0.4, -0.2) is 102 Å². The van der Waals surface area contributed by atoms with E-state index < -0.39 is 188 Å². The van der Waals surface area contributed by atoms with Crippen molar-refractivity contribution >= 4 is 10.8 Å². The maximum atomic E-state index is 16.1. The molecule has 0 bridgehead atoms. The van der Waals surface area contributed by atoms with Crippen molar-refractivity contribution in [1.29, 1.82) is 0 Å². The number of aromatic nitrogens is 6. The van der Waals surface area contributed by atoms with Gasteiger partial charge in [0.2, 0.25) is 23.3 Å². The summed E-state index contributed by atoms with van der Waals surface area (Å²) >= 11 is 0. The van der Waals surface area contributed by atoms with Crippen LogP contribution in [0.25, 0.3) is 33.5 Å². The normalized spacial score (nSPS) is 15.4. The highest BCUT2D eigenvalue weighted by atomic mass is 19.5. The van der Waals surface area contributed by atoms with Gasteiger partial charge in [-0.05, 0) is 6.07 Å². The third-order valence-corrected chi connectivity index (χ3v) is 9.73. The molecule has 0 amide bonds. The van der Waals surface area contributed by atoms with Gasteiger partial charge in [-0.1, -0.05) is 0 Å². The molecule has 0 atom stereocenters. The van der Waals surface area contributed by atoms with E-state index in [1.807, 2.05) is 0 Å². The lowest BCUT2D eigenvalue weighted by molar-refractivity contribution is -0.402. The van der Waals surface area contributed by atoms with Crippen LogP contribution >= 0.6 is 0 Å². The predicted octanol–water partition coefficient (Wildman–Crippen LogP) is 14.9. The second-order valence-electron chi connectivity index (χ2n) is 14.8. The first-order valence-electron chi connectivity index (χ1n) is 17.8. The number of alkyl halides is 36. The number of halogens is 41. The lowest BCUT2D eigenvalue weighted by Crippen LogP contribution is -2.61. The minimum Gasteiger partial charge on any atom is -0.206 e. The Kier molecular flexibility index (Phi) is 14.8. The lowest BCUT2D eigenvalue weighted by atomic mass is 9.98. The summed E-state index contributed by atoms with van der Waals surface area (Å²) in [4.78, 5) is 8.03. The predicted molar refractivity (Wildman–Crippen MR) is 161 cm³/mol. The van der Waals surface area contributed by atoms with Gasteiger partial charge in [-0.3, -0.25) is 0 Å². The molecule has 2 heterocycles. The van der Waals surface area contributed by atoms with Crippen LogP contribution < -0.4 is 0 Å². The number of hydrogen-bond acceptors (Lipinski definition) is 6. The van der Waals surface area contributed by atoms with Crippen molar-refractivity contribution in [2.75, 3.05) is 0 Å². The van der Waals surface area contributed by atoms with E-state index in [2.05, 4.69) is 0 Å². The smallest absolute Gasteiger partial charge is 0.206 e. The third-order valence-electron chi connectivity index (χ3n) is 9.73. The summed E-state index contributed by atoms with van der Waals surface area (Å²) in [6.45, 7) is 0. The molecule has 0 aliphatic carbocycles. The van der Waals surface area contributed by atoms with Crippen molar-refractivity contribution in [3.8, 4) is 22.8 Å². The summed E-state index contributed by atoms with van der Waals surface area (Å²) in [5.41, 5.74) is -7.11. The monoisotopic (exact) mass is 1250 g/mol. The Bertz CT molecular complexity index is 2900. The van der Waals surface area contributed by atoms with E-state index in [9.17, 15) is 158 Å². The zero-order chi connectivity index (χ0) is 62.6. The Morgan fingerprint density at radius 2 is 0.468 bits per heavy atom. The van der Waals surface area contributed by atoms with Crippen LogP contribution in [0.2, 0.25) is 0 Å². The second kappa shape index (κ2) is 17.9. The van der Waals surface area contributed by atoms with Gasteiger partial charge >= 0.3 is 95.8 Å². The number of hydrogen-bond donors (Lipinski definition) is 0. The molecule has 0 aliphatic heterocycles. The summed E-state index contributed by atoms with van der Waals surface area (Å²) in [5.74, 6) is -145. The zero-order valence-corrected chi connectivity index (χ0v) is 34.3. The first-order valence-corrected chi connectivity index (χ1v) is 17.8. The Balaban J connectivity index is 2.29. The Hall–Kier alpha value is -6.15. The fourth-order valence-electron chi connectivity index (χ4n) is 5.46. The van der Waals surface area contributed by atoms with Gasteiger partial charge < -0.3 is 0 Å². The minimum absolute atomic E-state index is 1.02. The summed E-state index contributed by atoms with van der Waals surface area (Å²) < 4.78 is 577. The Labute approximate surface area is 398 Å². The summed E-state index contributed by atoms with van der Waals surface area (Å²) in [6.07, 6.45) is -32.2. The van der Waals surface area contributed by atoms with Gasteiger partial charge in [0.15, 0.2) is 23.3 Å². The van der Waals surface area contributed by atoms with Gasteiger partial charge in [-0.25, -0.2) is 51.9 Å². The largest absolute Gasteiger partial charge is 0.460 e. The molecule has 2 aromatic heterocycles. The molecule has 6 nitrogen and oxygen atoms in total. The van der Waals surface area contributed by atoms with Crippen molar-refractivity contribution in [3.63, 3.8) is 0 Å². The molecule has 0 aliphatic rings.